The third-order valence-electron chi connectivity index (χ3n) is 17.3. The molecule has 0 bridgehead atoms. The van der Waals surface area contributed by atoms with E-state index in [9.17, 15) is 43.5 Å². The summed E-state index contributed by atoms with van der Waals surface area (Å²) in [5.74, 6) is -1.65. The molecule has 16 nitrogen and oxygen atoms in total. The van der Waals surface area contributed by atoms with Crippen LogP contribution in [0, 0.1) is 0 Å². The van der Waals surface area contributed by atoms with Crippen LogP contribution in [0.25, 0.3) is 0 Å². The summed E-state index contributed by atoms with van der Waals surface area (Å²) in [6.07, 6.45) is 111. The SMILES string of the molecule is CC/C=C\C/C=C\C/C=C\C/C=C\C/C=C\C/C=C\CCCCCCCCCCCCCCCCCCC(=O)OCC(O)COP(=O)(O)OCC(O)COP(=O)(O)OCC(COC(=O)CCCC/C=C\C/C=C\C/C=C\C/C=C\C/C=C\C/C=C\CC)OC(=O)CCCCCCCC/C=C\C/C=C\C/C=C\C/C=C\CC. The smallest absolute Gasteiger partial charge is 0.463 e. The van der Waals surface area contributed by atoms with E-state index in [0.717, 1.165) is 173 Å². The van der Waals surface area contributed by atoms with E-state index < -0.39 is 91.5 Å². The third kappa shape index (κ3) is 85.1. The number of rotatable bonds is 79. The van der Waals surface area contributed by atoms with Crippen molar-refractivity contribution in [2.45, 2.75) is 334 Å². The Morgan fingerprint density at radius 1 is 0.252 bits per heavy atom. The number of phosphoric acid groups is 2. The van der Waals surface area contributed by atoms with Gasteiger partial charge in [-0.15, -0.1) is 0 Å². The van der Waals surface area contributed by atoms with Crippen LogP contribution < -0.4 is 0 Å². The van der Waals surface area contributed by atoms with Gasteiger partial charge in [0.25, 0.3) is 0 Å². The van der Waals surface area contributed by atoms with Crippen LogP contribution >= 0.6 is 15.6 Å². The van der Waals surface area contributed by atoms with Crippen LogP contribution in [0.1, 0.15) is 316 Å². The fourth-order valence-electron chi connectivity index (χ4n) is 10.9. The van der Waals surface area contributed by atoms with Crippen LogP contribution in [0.3, 0.4) is 0 Å². The molecule has 0 saturated heterocycles. The van der Waals surface area contributed by atoms with Gasteiger partial charge in [-0.2, -0.15) is 0 Å². The van der Waals surface area contributed by atoms with Gasteiger partial charge in [-0.05, 0) is 161 Å². The molecule has 0 radical (unpaired) electrons. The molecular formula is C93H152O16P2. The summed E-state index contributed by atoms with van der Waals surface area (Å²) in [5.41, 5.74) is 0. The number of aliphatic hydroxyl groups is 2. The zero-order valence-electron chi connectivity index (χ0n) is 69.1. The van der Waals surface area contributed by atoms with E-state index in [1.165, 1.54) is 83.5 Å². The molecule has 18 heteroatoms. The summed E-state index contributed by atoms with van der Waals surface area (Å²) in [5, 5.41) is 20.7. The minimum atomic E-state index is -4.96. The molecule has 0 saturated carbocycles. The molecule has 0 aromatic heterocycles. The number of ether oxygens (including phenoxy) is 3. The Morgan fingerprint density at radius 3 is 0.730 bits per heavy atom. The van der Waals surface area contributed by atoms with Crippen LogP contribution in [0.15, 0.2) is 194 Å². The van der Waals surface area contributed by atoms with Gasteiger partial charge < -0.3 is 34.2 Å². The van der Waals surface area contributed by atoms with Crippen LogP contribution in [0.4, 0.5) is 0 Å². The maximum atomic E-state index is 13.0. The van der Waals surface area contributed by atoms with Crippen molar-refractivity contribution >= 4 is 33.6 Å². The lowest BCUT2D eigenvalue weighted by Crippen LogP contribution is -2.30. The van der Waals surface area contributed by atoms with Gasteiger partial charge in [0.1, 0.15) is 25.4 Å². The molecule has 0 rings (SSSR count). The topological polar surface area (TPSA) is 231 Å². The van der Waals surface area contributed by atoms with Crippen molar-refractivity contribution in [3.63, 3.8) is 0 Å². The normalized spacial score (nSPS) is 14.8. The highest BCUT2D eigenvalue weighted by atomic mass is 31.2. The Hall–Kier alpha value is -5.61. The quantitative estimate of drug-likeness (QED) is 0.0146. The van der Waals surface area contributed by atoms with E-state index in [4.69, 9.17) is 32.3 Å². The van der Waals surface area contributed by atoms with Crippen molar-refractivity contribution in [1.29, 1.82) is 0 Å². The molecule has 0 spiro atoms. The third-order valence-corrected chi connectivity index (χ3v) is 19.2. The lowest BCUT2D eigenvalue weighted by molar-refractivity contribution is -0.161. The molecule has 0 amide bonds. The zero-order valence-corrected chi connectivity index (χ0v) is 70.8. The molecule has 0 aliphatic carbocycles. The number of phosphoric ester groups is 2. The molecule has 4 N–H and O–H groups in total. The van der Waals surface area contributed by atoms with E-state index in [-0.39, 0.29) is 19.3 Å². The van der Waals surface area contributed by atoms with Gasteiger partial charge in [-0.25, -0.2) is 9.13 Å². The van der Waals surface area contributed by atoms with Crippen molar-refractivity contribution in [3.05, 3.63) is 194 Å². The zero-order chi connectivity index (χ0) is 80.8. The molecule has 0 aromatic carbocycles. The fourth-order valence-corrected chi connectivity index (χ4v) is 12.5. The van der Waals surface area contributed by atoms with Gasteiger partial charge in [0.2, 0.25) is 0 Å². The van der Waals surface area contributed by atoms with Crippen molar-refractivity contribution in [2.24, 2.45) is 0 Å². The van der Waals surface area contributed by atoms with Gasteiger partial charge in [0, 0.05) is 19.3 Å². The van der Waals surface area contributed by atoms with Crippen molar-refractivity contribution in [1.82, 2.24) is 0 Å². The first kappa shape index (κ1) is 105. The van der Waals surface area contributed by atoms with Crippen LogP contribution in [-0.4, -0.2) is 95.9 Å². The largest absolute Gasteiger partial charge is 0.472 e. The Balaban J connectivity index is 4.54. The molecule has 0 aliphatic rings. The Kier molecular flexibility index (Phi) is 79.6. The highest BCUT2D eigenvalue weighted by Gasteiger charge is 2.29. The number of allylic oxidation sites excluding steroid dienone is 32. The average molecular weight is 1590 g/mol. The molecule has 5 unspecified atom stereocenters. The van der Waals surface area contributed by atoms with Crippen molar-refractivity contribution < 1.29 is 75.8 Å². The fraction of sp³-hybridized carbons (Fsp3) is 0.624. The molecule has 0 heterocycles. The minimum Gasteiger partial charge on any atom is -0.463 e. The second-order valence-corrected chi connectivity index (χ2v) is 30.7. The number of hydrogen-bond donors (Lipinski definition) is 4. The van der Waals surface area contributed by atoms with Gasteiger partial charge in [-0.1, -0.05) is 331 Å². The van der Waals surface area contributed by atoms with Gasteiger partial charge in [0.15, 0.2) is 6.10 Å². The predicted octanol–water partition coefficient (Wildman–Crippen LogP) is 25.9. The number of hydrogen-bond acceptors (Lipinski definition) is 14. The summed E-state index contributed by atoms with van der Waals surface area (Å²) >= 11 is 0. The average Bonchev–Trinajstić information content (AvgIpc) is 0.901. The number of unbranched alkanes of at least 4 members (excludes halogenated alkanes) is 24. The van der Waals surface area contributed by atoms with Crippen LogP contribution in [-0.2, 0) is 55.8 Å². The summed E-state index contributed by atoms with van der Waals surface area (Å²) in [7, 11) is -9.83. The van der Waals surface area contributed by atoms with E-state index in [1.807, 2.05) is 0 Å². The number of carbonyl (C=O) groups excluding carboxylic acids is 3. The molecular weight excluding hydrogens is 1430 g/mol. The second-order valence-electron chi connectivity index (χ2n) is 27.8. The molecule has 0 aliphatic heterocycles. The highest BCUT2D eigenvalue weighted by Crippen LogP contribution is 2.45. The molecule has 0 fully saturated rings. The Labute approximate surface area is 674 Å². The van der Waals surface area contributed by atoms with E-state index in [0.29, 0.717) is 19.3 Å². The number of aliphatic hydroxyl groups excluding tert-OH is 2. The highest BCUT2D eigenvalue weighted by molar-refractivity contribution is 7.47. The van der Waals surface area contributed by atoms with Gasteiger partial charge in [-0.3, -0.25) is 32.5 Å². The summed E-state index contributed by atoms with van der Waals surface area (Å²) in [6, 6.07) is 0. The minimum absolute atomic E-state index is 0.0716. The van der Waals surface area contributed by atoms with Crippen LogP contribution in [0.5, 0.6) is 0 Å². The first-order chi connectivity index (χ1) is 54.2. The summed E-state index contributed by atoms with van der Waals surface area (Å²) in [6.45, 7) is 2.27. The number of esters is 3. The lowest BCUT2D eigenvalue weighted by Gasteiger charge is -2.21. The monoisotopic (exact) mass is 1590 g/mol. The van der Waals surface area contributed by atoms with Crippen molar-refractivity contribution in [3.8, 4) is 0 Å². The standard InChI is InChI=1S/C93H152O16P2/c1-4-7-10-13-16-19-22-25-28-31-34-36-37-38-39-40-41-42-43-44-45-46-47-48-49-51-54-55-58-61-64-67-70-73-76-79-91(96)103-82-88(94)83-105-110(99,100)106-84-89(95)85-107-111(101,102)108-87-90(109-93(98)81-78-75-72-69-66-63-60-57-52-33-30-27-24-21-18-15-12-9-6-3)86-104-92(97)80-77-74-71-68-65-62-59-56-53-50-35-32-29-26-23-20-17-14-11-8-5-2/h7-12,16-21,25-30,34-36,38-39,41-42,50,52,56-57,59,65,68,88-90,94-95H,4-6,13-15,22-24,31-33,37,40,43-49,51,53-55,58,60-64,66-67,69-87H2,1-3H3,(H,99,100)(H,101,102)/b10-7-,11-8-,12-9-,19-16-,20-17-,21-18-,28-25-,29-26-,30-27-,36-34-,39-38-,42-41-,50-35-,57-52-,59-56-,68-65-. The molecule has 0 aromatic rings. The van der Waals surface area contributed by atoms with E-state index in [2.05, 4.69) is 215 Å². The van der Waals surface area contributed by atoms with Crippen LogP contribution in [0.2, 0.25) is 0 Å². The van der Waals surface area contributed by atoms with E-state index in [1.54, 1.807) is 0 Å². The summed E-state index contributed by atoms with van der Waals surface area (Å²) in [4.78, 5) is 58.8. The predicted molar refractivity (Wildman–Crippen MR) is 463 cm³/mol. The summed E-state index contributed by atoms with van der Waals surface area (Å²) < 4.78 is 61.2. The first-order valence-corrected chi connectivity index (χ1v) is 45.7. The van der Waals surface area contributed by atoms with Gasteiger partial charge >= 0.3 is 33.6 Å². The van der Waals surface area contributed by atoms with Gasteiger partial charge in [0.05, 0.1) is 26.4 Å². The molecule has 630 valence electrons. The molecule has 111 heavy (non-hydrogen) atoms. The Bertz CT molecular complexity index is 2800. The number of carbonyl (C=O) groups is 3. The Morgan fingerprint density at radius 2 is 0.450 bits per heavy atom. The lowest BCUT2D eigenvalue weighted by atomic mass is 10.0. The van der Waals surface area contributed by atoms with E-state index >= 15 is 0 Å². The molecule has 5 atom stereocenters. The second kappa shape index (κ2) is 83.8. The van der Waals surface area contributed by atoms with Crippen molar-refractivity contribution in [2.75, 3.05) is 39.6 Å². The maximum Gasteiger partial charge on any atom is 0.472 e. The first-order valence-electron chi connectivity index (χ1n) is 42.7. The maximum absolute atomic E-state index is 13.0.